The van der Waals surface area contributed by atoms with Crippen LogP contribution in [0.5, 0.6) is 0 Å². The molecule has 3 aromatic rings. The minimum Gasteiger partial charge on any atom is -0.379 e. The molecule has 1 amide bonds. The zero-order valence-electron chi connectivity index (χ0n) is 17.7. The molecule has 158 valence electrons. The summed E-state index contributed by atoms with van der Waals surface area (Å²) in [5.74, 6) is 0.00402. The molecule has 7 heteroatoms. The lowest BCUT2D eigenvalue weighted by molar-refractivity contribution is 0.0391. The van der Waals surface area contributed by atoms with Crippen LogP contribution in [0.2, 0.25) is 0 Å². The fraction of sp³-hybridized carbons (Fsp3) is 0.391. The molecule has 1 aliphatic rings. The molecule has 0 unspecified atom stereocenters. The molecule has 0 spiro atoms. The number of aromatic nitrogens is 1. The summed E-state index contributed by atoms with van der Waals surface area (Å²) in [5.41, 5.74) is 4.09. The number of aryl methyl sites for hydroxylation is 2. The van der Waals surface area contributed by atoms with Gasteiger partial charge in [0, 0.05) is 36.6 Å². The first kappa shape index (κ1) is 21.3. The summed E-state index contributed by atoms with van der Waals surface area (Å²) in [4.78, 5) is 23.7. The van der Waals surface area contributed by atoms with Crippen LogP contribution in [0.4, 0.5) is 5.13 Å². The van der Waals surface area contributed by atoms with Crippen molar-refractivity contribution in [3.63, 3.8) is 0 Å². The van der Waals surface area contributed by atoms with E-state index in [-0.39, 0.29) is 5.91 Å². The third-order valence-corrected chi connectivity index (χ3v) is 7.42. The van der Waals surface area contributed by atoms with Gasteiger partial charge in [0.1, 0.15) is 0 Å². The van der Waals surface area contributed by atoms with E-state index in [0.29, 0.717) is 12.1 Å². The predicted molar refractivity (Wildman–Crippen MR) is 126 cm³/mol. The third-order valence-electron chi connectivity index (χ3n) is 5.63. The van der Waals surface area contributed by atoms with Crippen molar-refractivity contribution in [1.82, 2.24) is 9.88 Å². The second kappa shape index (κ2) is 9.47. The number of carbonyl (C=O) groups excluding carboxylic acids is 1. The molecule has 1 aromatic heterocycles. The molecule has 1 aliphatic heterocycles. The van der Waals surface area contributed by atoms with E-state index >= 15 is 0 Å². The molecule has 30 heavy (non-hydrogen) atoms. The molecule has 0 radical (unpaired) electrons. The molecule has 0 atom stereocenters. The third kappa shape index (κ3) is 4.54. The van der Waals surface area contributed by atoms with Gasteiger partial charge in [0.15, 0.2) is 5.13 Å². The van der Waals surface area contributed by atoms with Crippen molar-refractivity contribution in [2.24, 2.45) is 0 Å². The van der Waals surface area contributed by atoms with Crippen LogP contribution in [-0.2, 0) is 4.74 Å². The first-order chi connectivity index (χ1) is 14.6. The van der Waals surface area contributed by atoms with E-state index in [1.807, 2.05) is 35.4 Å². The maximum absolute atomic E-state index is 13.5. The van der Waals surface area contributed by atoms with Gasteiger partial charge in [-0.15, -0.1) is 11.8 Å². The zero-order valence-corrected chi connectivity index (χ0v) is 19.3. The van der Waals surface area contributed by atoms with E-state index in [1.54, 1.807) is 23.1 Å². The summed E-state index contributed by atoms with van der Waals surface area (Å²) in [5, 5.41) is 0.769. The van der Waals surface area contributed by atoms with Crippen LogP contribution in [0.15, 0.2) is 41.3 Å². The highest BCUT2D eigenvalue weighted by Gasteiger charge is 2.23. The second-order valence-corrected chi connectivity index (χ2v) is 9.38. The van der Waals surface area contributed by atoms with Crippen LogP contribution in [0.25, 0.3) is 10.2 Å². The molecule has 2 aromatic carbocycles. The van der Waals surface area contributed by atoms with Gasteiger partial charge in [0.2, 0.25) is 0 Å². The Morgan fingerprint density at radius 1 is 1.17 bits per heavy atom. The van der Waals surface area contributed by atoms with E-state index in [4.69, 9.17) is 9.72 Å². The minimum atomic E-state index is 0.00402. The first-order valence-electron chi connectivity index (χ1n) is 10.2. The fourth-order valence-electron chi connectivity index (χ4n) is 3.57. The summed E-state index contributed by atoms with van der Waals surface area (Å²) < 4.78 is 6.58. The largest absolute Gasteiger partial charge is 0.379 e. The van der Waals surface area contributed by atoms with Crippen LogP contribution in [0, 0.1) is 13.8 Å². The lowest BCUT2D eigenvalue weighted by atomic mass is 10.1. The maximum atomic E-state index is 13.5. The smallest absolute Gasteiger partial charge is 0.260 e. The van der Waals surface area contributed by atoms with E-state index in [2.05, 4.69) is 30.9 Å². The summed E-state index contributed by atoms with van der Waals surface area (Å²) in [6, 6.07) is 12.1. The van der Waals surface area contributed by atoms with Gasteiger partial charge in [0.05, 0.1) is 23.4 Å². The van der Waals surface area contributed by atoms with Gasteiger partial charge in [-0.1, -0.05) is 17.4 Å². The summed E-state index contributed by atoms with van der Waals surface area (Å²) in [7, 11) is 0. The number of benzene rings is 2. The zero-order chi connectivity index (χ0) is 21.1. The Hall–Kier alpha value is -1.93. The van der Waals surface area contributed by atoms with Crippen molar-refractivity contribution in [3.8, 4) is 0 Å². The summed E-state index contributed by atoms with van der Waals surface area (Å²) in [6.07, 6.45) is 2.04. The average Bonchev–Trinajstić information content (AvgIpc) is 3.22. The van der Waals surface area contributed by atoms with Crippen LogP contribution in [-0.4, -0.2) is 61.4 Å². The van der Waals surface area contributed by atoms with Gasteiger partial charge in [-0.3, -0.25) is 14.6 Å². The summed E-state index contributed by atoms with van der Waals surface area (Å²) in [6.45, 7) is 8.94. The van der Waals surface area contributed by atoms with Crippen molar-refractivity contribution in [2.75, 3.05) is 50.5 Å². The van der Waals surface area contributed by atoms with Crippen molar-refractivity contribution in [1.29, 1.82) is 0 Å². The first-order valence-corrected chi connectivity index (χ1v) is 12.2. The van der Waals surface area contributed by atoms with Crippen LogP contribution in [0.3, 0.4) is 0 Å². The molecule has 4 rings (SSSR count). The van der Waals surface area contributed by atoms with Crippen molar-refractivity contribution < 1.29 is 9.53 Å². The Kier molecular flexibility index (Phi) is 6.73. The fourth-order valence-corrected chi connectivity index (χ4v) is 5.03. The highest BCUT2D eigenvalue weighted by atomic mass is 32.2. The monoisotopic (exact) mass is 441 g/mol. The number of amides is 1. The van der Waals surface area contributed by atoms with Gasteiger partial charge in [-0.25, -0.2) is 4.98 Å². The molecule has 0 saturated carbocycles. The molecule has 0 aliphatic carbocycles. The SMILES string of the molecule is CSc1ccc(C(=O)N(CCN2CCOCC2)c2nc3c(C)c(C)ccc3s2)cc1. The van der Waals surface area contributed by atoms with Gasteiger partial charge in [-0.2, -0.15) is 0 Å². The van der Waals surface area contributed by atoms with Gasteiger partial charge >= 0.3 is 0 Å². The van der Waals surface area contributed by atoms with Crippen LogP contribution in [0.1, 0.15) is 21.5 Å². The quantitative estimate of drug-likeness (QED) is 0.523. The van der Waals surface area contributed by atoms with Crippen molar-refractivity contribution in [2.45, 2.75) is 18.7 Å². The number of anilines is 1. The minimum absolute atomic E-state index is 0.00402. The summed E-state index contributed by atoms with van der Waals surface area (Å²) >= 11 is 3.27. The van der Waals surface area contributed by atoms with E-state index in [1.165, 1.54) is 11.1 Å². The van der Waals surface area contributed by atoms with Crippen molar-refractivity contribution in [3.05, 3.63) is 53.1 Å². The Morgan fingerprint density at radius 3 is 2.60 bits per heavy atom. The van der Waals surface area contributed by atoms with Crippen LogP contribution < -0.4 is 4.90 Å². The maximum Gasteiger partial charge on any atom is 0.260 e. The number of fused-ring (bicyclic) bond motifs is 1. The Balaban J connectivity index is 1.65. The Morgan fingerprint density at radius 2 is 1.90 bits per heavy atom. The second-order valence-electron chi connectivity index (χ2n) is 7.49. The topological polar surface area (TPSA) is 45.7 Å². The lowest BCUT2D eigenvalue weighted by Gasteiger charge is -2.29. The molecular weight excluding hydrogens is 414 g/mol. The molecule has 2 heterocycles. The van der Waals surface area contributed by atoms with E-state index in [9.17, 15) is 4.79 Å². The molecule has 5 nitrogen and oxygen atoms in total. The molecule has 1 saturated heterocycles. The van der Waals surface area contributed by atoms with Crippen molar-refractivity contribution >= 4 is 44.4 Å². The number of morpholine rings is 1. The number of carbonyl (C=O) groups is 1. The van der Waals surface area contributed by atoms with E-state index in [0.717, 1.165) is 53.1 Å². The number of nitrogens with zero attached hydrogens (tertiary/aromatic N) is 3. The number of rotatable bonds is 6. The normalized spacial score (nSPS) is 14.9. The van der Waals surface area contributed by atoms with Crippen LogP contribution >= 0.6 is 23.1 Å². The Labute approximate surface area is 186 Å². The highest BCUT2D eigenvalue weighted by Crippen LogP contribution is 2.32. The number of thioether (sulfide) groups is 1. The van der Waals surface area contributed by atoms with Gasteiger partial charge < -0.3 is 4.74 Å². The number of hydrogen-bond donors (Lipinski definition) is 0. The number of ether oxygens (including phenoxy) is 1. The van der Waals surface area contributed by atoms with Gasteiger partial charge in [-0.05, 0) is 61.6 Å². The molecule has 1 fully saturated rings. The lowest BCUT2D eigenvalue weighted by Crippen LogP contribution is -2.43. The standard InChI is InChI=1S/C23H27N3O2S2/c1-16-4-9-20-21(17(16)2)24-23(30-20)26(11-10-25-12-14-28-15-13-25)22(27)18-5-7-19(29-3)8-6-18/h4-9H,10-15H2,1-3H3. The average molecular weight is 442 g/mol. The van der Waals surface area contributed by atoms with Gasteiger partial charge in [0.25, 0.3) is 5.91 Å². The van der Waals surface area contributed by atoms with E-state index < -0.39 is 0 Å². The predicted octanol–water partition coefficient (Wildman–Crippen LogP) is 4.61. The Bertz CT molecular complexity index is 1030. The number of hydrogen-bond acceptors (Lipinski definition) is 6. The molecule has 0 bridgehead atoms. The number of thiazole rings is 1. The molecule has 0 N–H and O–H groups in total. The molecular formula is C23H27N3O2S2. The highest BCUT2D eigenvalue weighted by molar-refractivity contribution is 7.98.